The number of hydrogen-bond donors (Lipinski definition) is 1. The molecule has 0 saturated heterocycles. The van der Waals surface area contributed by atoms with Crippen molar-refractivity contribution in [2.45, 2.75) is 24.8 Å². The third kappa shape index (κ3) is 4.03. The largest absolute Gasteiger partial charge is 0.497 e. The molecule has 0 saturated carbocycles. The Morgan fingerprint density at radius 3 is 2.22 bits per heavy atom. The molecule has 0 aromatic heterocycles. The van der Waals surface area contributed by atoms with Crippen LogP contribution in [0.4, 0.5) is 0 Å². The third-order valence-electron chi connectivity index (χ3n) is 3.56. The van der Waals surface area contributed by atoms with Crippen LogP contribution >= 0.6 is 0 Å². The second kappa shape index (κ2) is 7.02. The van der Waals surface area contributed by atoms with E-state index in [-0.39, 0.29) is 10.9 Å². The van der Waals surface area contributed by atoms with Gasteiger partial charge in [-0.25, -0.2) is 13.1 Å². The fourth-order valence-electron chi connectivity index (χ4n) is 2.25. The van der Waals surface area contributed by atoms with Crippen molar-refractivity contribution in [1.82, 2.24) is 4.72 Å². The van der Waals surface area contributed by atoms with Crippen LogP contribution in [-0.2, 0) is 10.0 Å². The van der Waals surface area contributed by atoms with Crippen LogP contribution in [0.25, 0.3) is 0 Å². The summed E-state index contributed by atoms with van der Waals surface area (Å²) < 4.78 is 38.3. The summed E-state index contributed by atoms with van der Waals surface area (Å²) in [5.41, 5.74) is 1.70. The zero-order valence-corrected chi connectivity index (χ0v) is 14.5. The summed E-state index contributed by atoms with van der Waals surface area (Å²) in [6.07, 6.45) is 0. The first-order chi connectivity index (χ1) is 10.9. The Labute approximate surface area is 137 Å². The molecule has 0 spiro atoms. The summed E-state index contributed by atoms with van der Waals surface area (Å²) in [5, 5.41) is 0. The maximum absolute atomic E-state index is 12.7. The number of nitrogens with one attached hydrogen (secondary N) is 1. The van der Waals surface area contributed by atoms with Crippen LogP contribution in [-0.4, -0.2) is 22.6 Å². The second-order valence-corrected chi connectivity index (χ2v) is 6.95. The highest BCUT2D eigenvalue weighted by Crippen LogP contribution is 2.26. The van der Waals surface area contributed by atoms with Crippen molar-refractivity contribution in [3.05, 3.63) is 53.6 Å². The molecule has 0 unspecified atom stereocenters. The first kappa shape index (κ1) is 17.3. The minimum Gasteiger partial charge on any atom is -0.497 e. The molecular formula is C17H21NO4S. The van der Waals surface area contributed by atoms with Crippen LogP contribution in [0.2, 0.25) is 0 Å². The van der Waals surface area contributed by atoms with Crippen molar-refractivity contribution < 1.29 is 17.9 Å². The zero-order chi connectivity index (χ0) is 17.0. The maximum Gasteiger partial charge on any atom is 0.244 e. The molecule has 2 aromatic carbocycles. The van der Waals surface area contributed by atoms with E-state index in [4.69, 9.17) is 9.47 Å². The lowest BCUT2D eigenvalue weighted by molar-refractivity contribution is 0.402. The van der Waals surface area contributed by atoms with Gasteiger partial charge in [-0.05, 0) is 49.2 Å². The molecule has 0 bridgehead atoms. The molecule has 0 amide bonds. The van der Waals surface area contributed by atoms with E-state index in [2.05, 4.69) is 4.72 Å². The van der Waals surface area contributed by atoms with E-state index in [1.807, 2.05) is 25.1 Å². The van der Waals surface area contributed by atoms with Gasteiger partial charge in [0.2, 0.25) is 10.0 Å². The highest BCUT2D eigenvalue weighted by molar-refractivity contribution is 7.89. The van der Waals surface area contributed by atoms with Crippen LogP contribution in [0.3, 0.4) is 0 Å². The number of benzene rings is 2. The number of methoxy groups -OCH3 is 2. The second-order valence-electron chi connectivity index (χ2n) is 5.27. The van der Waals surface area contributed by atoms with Gasteiger partial charge in [-0.3, -0.25) is 0 Å². The number of aryl methyl sites for hydroxylation is 1. The van der Waals surface area contributed by atoms with Gasteiger partial charge in [0, 0.05) is 6.04 Å². The molecule has 23 heavy (non-hydrogen) atoms. The van der Waals surface area contributed by atoms with Crippen molar-refractivity contribution in [2.24, 2.45) is 0 Å². The maximum atomic E-state index is 12.7. The number of rotatable bonds is 6. The van der Waals surface area contributed by atoms with Crippen LogP contribution in [0.5, 0.6) is 11.5 Å². The molecule has 2 rings (SSSR count). The summed E-state index contributed by atoms with van der Waals surface area (Å²) in [7, 11) is -0.651. The molecule has 5 nitrogen and oxygen atoms in total. The lowest BCUT2D eigenvalue weighted by Gasteiger charge is -2.17. The normalized spacial score (nSPS) is 12.7. The smallest absolute Gasteiger partial charge is 0.244 e. The monoisotopic (exact) mass is 335 g/mol. The van der Waals surface area contributed by atoms with Gasteiger partial charge < -0.3 is 9.47 Å². The first-order valence-electron chi connectivity index (χ1n) is 7.18. The Morgan fingerprint density at radius 2 is 1.65 bits per heavy atom. The standard InChI is InChI=1S/C17H21NO4S/c1-12-5-10-16(22-4)17(11-12)23(19,20)18-13(2)14-6-8-15(21-3)9-7-14/h5-11,13,18H,1-4H3/t13-/m1/s1. The fourth-order valence-corrected chi connectivity index (χ4v) is 3.74. The lowest BCUT2D eigenvalue weighted by atomic mass is 10.1. The molecule has 2 aromatic rings. The molecule has 0 aliphatic heterocycles. The highest BCUT2D eigenvalue weighted by Gasteiger charge is 2.22. The van der Waals surface area contributed by atoms with E-state index < -0.39 is 10.0 Å². The molecule has 1 N–H and O–H groups in total. The van der Waals surface area contributed by atoms with Crippen molar-refractivity contribution in [3.8, 4) is 11.5 Å². The molecule has 6 heteroatoms. The zero-order valence-electron chi connectivity index (χ0n) is 13.7. The Morgan fingerprint density at radius 1 is 1.00 bits per heavy atom. The van der Waals surface area contributed by atoms with E-state index in [1.54, 1.807) is 38.3 Å². The van der Waals surface area contributed by atoms with Gasteiger partial charge in [0.05, 0.1) is 14.2 Å². The highest BCUT2D eigenvalue weighted by atomic mass is 32.2. The van der Waals surface area contributed by atoms with E-state index in [0.717, 1.165) is 16.9 Å². The summed E-state index contributed by atoms with van der Waals surface area (Å²) in [6, 6.07) is 11.9. The fraction of sp³-hybridized carbons (Fsp3) is 0.294. The van der Waals surface area contributed by atoms with Crippen LogP contribution < -0.4 is 14.2 Å². The van der Waals surface area contributed by atoms with Crippen LogP contribution in [0, 0.1) is 6.92 Å². The predicted octanol–water partition coefficient (Wildman–Crippen LogP) is 3.05. The van der Waals surface area contributed by atoms with Crippen molar-refractivity contribution in [1.29, 1.82) is 0 Å². The number of hydrogen-bond acceptors (Lipinski definition) is 4. The van der Waals surface area contributed by atoms with Crippen LogP contribution in [0.1, 0.15) is 24.1 Å². The minimum absolute atomic E-state index is 0.139. The molecular weight excluding hydrogens is 314 g/mol. The Hall–Kier alpha value is -2.05. The van der Waals surface area contributed by atoms with Crippen molar-refractivity contribution in [3.63, 3.8) is 0 Å². The van der Waals surface area contributed by atoms with Gasteiger partial charge in [-0.2, -0.15) is 0 Å². The molecule has 0 heterocycles. The summed E-state index contributed by atoms with van der Waals surface area (Å²) in [6.45, 7) is 3.63. The number of sulfonamides is 1. The molecule has 124 valence electrons. The van der Waals surface area contributed by atoms with Gasteiger partial charge in [0.1, 0.15) is 16.4 Å². The lowest BCUT2D eigenvalue weighted by Crippen LogP contribution is -2.27. The molecule has 0 aliphatic carbocycles. The SMILES string of the molecule is COc1ccc([C@@H](C)NS(=O)(=O)c2cc(C)ccc2OC)cc1. The van der Waals surface area contributed by atoms with Gasteiger partial charge in [-0.1, -0.05) is 18.2 Å². The number of ether oxygens (including phenoxy) is 2. The van der Waals surface area contributed by atoms with Gasteiger partial charge in [-0.15, -0.1) is 0 Å². The van der Waals surface area contributed by atoms with E-state index >= 15 is 0 Å². The van der Waals surface area contributed by atoms with Gasteiger partial charge in [0.15, 0.2) is 0 Å². The average molecular weight is 335 g/mol. The molecule has 0 fully saturated rings. The summed E-state index contributed by atoms with van der Waals surface area (Å²) >= 11 is 0. The molecule has 0 aliphatic rings. The molecule has 1 atom stereocenters. The van der Waals surface area contributed by atoms with E-state index in [1.165, 1.54) is 7.11 Å². The predicted molar refractivity (Wildman–Crippen MR) is 89.5 cm³/mol. The van der Waals surface area contributed by atoms with Crippen molar-refractivity contribution >= 4 is 10.0 Å². The van der Waals surface area contributed by atoms with E-state index in [9.17, 15) is 8.42 Å². The Kier molecular flexibility index (Phi) is 5.28. The van der Waals surface area contributed by atoms with Gasteiger partial charge >= 0.3 is 0 Å². The quantitative estimate of drug-likeness (QED) is 0.881. The topological polar surface area (TPSA) is 64.6 Å². The third-order valence-corrected chi connectivity index (χ3v) is 5.12. The first-order valence-corrected chi connectivity index (χ1v) is 8.66. The Balaban J connectivity index is 2.28. The molecule has 0 radical (unpaired) electrons. The minimum atomic E-state index is -3.69. The average Bonchev–Trinajstić information content (AvgIpc) is 2.54. The van der Waals surface area contributed by atoms with E-state index in [0.29, 0.717) is 5.75 Å². The van der Waals surface area contributed by atoms with Gasteiger partial charge in [0.25, 0.3) is 0 Å². The van der Waals surface area contributed by atoms with Crippen molar-refractivity contribution in [2.75, 3.05) is 14.2 Å². The van der Waals surface area contributed by atoms with Crippen LogP contribution in [0.15, 0.2) is 47.4 Å². The Bertz CT molecular complexity index is 770. The summed E-state index contributed by atoms with van der Waals surface area (Å²) in [5.74, 6) is 1.05. The summed E-state index contributed by atoms with van der Waals surface area (Å²) in [4.78, 5) is 0.139.